The summed E-state index contributed by atoms with van der Waals surface area (Å²) in [7, 11) is 0. The van der Waals surface area contributed by atoms with E-state index in [1.54, 1.807) is 18.2 Å². The fraction of sp³-hybridized carbons (Fsp3) is 0.238. The number of nitro groups is 1. The van der Waals surface area contributed by atoms with Gasteiger partial charge in [0.25, 0.3) is 5.56 Å². The van der Waals surface area contributed by atoms with E-state index in [0.29, 0.717) is 28.7 Å². The van der Waals surface area contributed by atoms with Gasteiger partial charge >= 0.3 is 11.7 Å². The highest BCUT2D eigenvalue weighted by Gasteiger charge is 2.24. The van der Waals surface area contributed by atoms with E-state index in [-0.39, 0.29) is 15.8 Å². The Balaban J connectivity index is 2.10. The second-order valence-corrected chi connectivity index (χ2v) is 8.78. The molecule has 0 saturated carbocycles. The average molecular weight is 582 g/mol. The van der Waals surface area contributed by atoms with E-state index < -0.39 is 22.7 Å². The molecule has 0 spiro atoms. The van der Waals surface area contributed by atoms with Crippen LogP contribution in [-0.2, 0) is 11.2 Å². The van der Waals surface area contributed by atoms with Gasteiger partial charge in [-0.05, 0) is 53.5 Å². The van der Waals surface area contributed by atoms with Gasteiger partial charge in [-0.1, -0.05) is 22.9 Å². The smallest absolute Gasteiger partial charge is 0.344 e. The monoisotopic (exact) mass is 580 g/mol. The fourth-order valence-corrected chi connectivity index (χ4v) is 3.90. The van der Waals surface area contributed by atoms with Crippen molar-refractivity contribution in [3.8, 4) is 5.75 Å². The average Bonchev–Trinajstić information content (AvgIpc) is 2.75. The molecule has 0 radical (unpaired) electrons. The Morgan fingerprint density at radius 2 is 2.09 bits per heavy atom. The van der Waals surface area contributed by atoms with E-state index in [2.05, 4.69) is 41.9 Å². The van der Waals surface area contributed by atoms with Crippen LogP contribution in [0, 0.1) is 10.1 Å². The molecule has 3 rings (SSSR count). The van der Waals surface area contributed by atoms with E-state index >= 15 is 0 Å². The van der Waals surface area contributed by atoms with Crippen molar-refractivity contribution in [2.24, 2.45) is 5.10 Å². The molecular formula is C21H18Br2N4O6. The van der Waals surface area contributed by atoms with Gasteiger partial charge < -0.3 is 9.84 Å². The number of ether oxygens (including phenoxy) is 1. The Hall–Kier alpha value is -3.12. The molecule has 1 N–H and O–H groups in total. The standard InChI is InChI=1S/C21H18Br2N4O6/c1-3-4-18-25-16-6-5-13(22)9-14(16)20(28)26(18)24-10-12-7-15(23)19(17(8-12)27(31)32)33-11(2)21(29)30/h5-11H,3-4H2,1-2H3,(H,29,30)/t11-/m0/s1. The number of halogens is 2. The van der Waals surface area contributed by atoms with Crippen LogP contribution in [0.5, 0.6) is 5.75 Å². The number of hydrogen-bond donors (Lipinski definition) is 1. The Morgan fingerprint density at radius 3 is 2.73 bits per heavy atom. The highest BCUT2D eigenvalue weighted by atomic mass is 79.9. The Bertz CT molecular complexity index is 1340. The number of aryl methyl sites for hydroxylation is 1. The summed E-state index contributed by atoms with van der Waals surface area (Å²) in [6, 6.07) is 7.86. The van der Waals surface area contributed by atoms with Crippen molar-refractivity contribution in [3.63, 3.8) is 0 Å². The molecule has 1 aromatic heterocycles. The van der Waals surface area contributed by atoms with Crippen LogP contribution in [0.1, 0.15) is 31.7 Å². The molecule has 0 bridgehead atoms. The van der Waals surface area contributed by atoms with Crippen LogP contribution in [-0.4, -0.2) is 38.0 Å². The van der Waals surface area contributed by atoms with Crippen LogP contribution < -0.4 is 10.3 Å². The number of nitrogens with zero attached hydrogens (tertiary/aromatic N) is 4. The Kier molecular flexibility index (Phi) is 7.59. The van der Waals surface area contributed by atoms with Gasteiger partial charge in [-0.3, -0.25) is 14.9 Å². The number of hydrogen-bond acceptors (Lipinski definition) is 7. The molecule has 12 heteroatoms. The summed E-state index contributed by atoms with van der Waals surface area (Å²) in [6.07, 6.45) is 1.24. The number of fused-ring (bicyclic) bond motifs is 1. The summed E-state index contributed by atoms with van der Waals surface area (Å²) in [5.74, 6) is -1.02. The molecule has 0 aliphatic rings. The predicted molar refractivity (Wildman–Crippen MR) is 129 cm³/mol. The summed E-state index contributed by atoms with van der Waals surface area (Å²) >= 11 is 6.54. The van der Waals surface area contributed by atoms with Crippen LogP contribution in [0.15, 0.2) is 49.2 Å². The van der Waals surface area contributed by atoms with E-state index in [0.717, 1.165) is 10.9 Å². The highest BCUT2D eigenvalue weighted by molar-refractivity contribution is 9.10. The van der Waals surface area contributed by atoms with E-state index in [1.807, 2.05) is 6.92 Å². The third-order valence-corrected chi connectivity index (χ3v) is 5.64. The SMILES string of the molecule is CCCc1nc2ccc(Br)cc2c(=O)n1N=Cc1cc(Br)c(O[C@@H](C)C(=O)O)c([N+](=O)[O-])c1. The largest absolute Gasteiger partial charge is 0.479 e. The third-order valence-electron chi connectivity index (χ3n) is 4.56. The van der Waals surface area contributed by atoms with Gasteiger partial charge in [0.05, 0.1) is 26.5 Å². The molecule has 2 aromatic carbocycles. The minimum atomic E-state index is -1.29. The van der Waals surface area contributed by atoms with E-state index in [4.69, 9.17) is 9.84 Å². The summed E-state index contributed by atoms with van der Waals surface area (Å²) in [5, 5.41) is 25.2. The topological polar surface area (TPSA) is 137 Å². The molecule has 1 atom stereocenters. The zero-order valence-electron chi connectivity index (χ0n) is 17.5. The number of aliphatic carboxylic acids is 1. The van der Waals surface area contributed by atoms with Gasteiger partial charge in [-0.15, -0.1) is 0 Å². The van der Waals surface area contributed by atoms with Gasteiger partial charge in [0.2, 0.25) is 5.75 Å². The van der Waals surface area contributed by atoms with Gasteiger partial charge in [0, 0.05) is 22.5 Å². The number of carboxylic acids is 1. The van der Waals surface area contributed by atoms with Crippen molar-refractivity contribution in [2.45, 2.75) is 32.8 Å². The van der Waals surface area contributed by atoms with Crippen molar-refractivity contribution >= 4 is 60.6 Å². The molecule has 1 heterocycles. The van der Waals surface area contributed by atoms with Crippen LogP contribution in [0.25, 0.3) is 10.9 Å². The summed E-state index contributed by atoms with van der Waals surface area (Å²) in [5.41, 5.74) is 0.0311. The van der Waals surface area contributed by atoms with Crippen LogP contribution in [0.2, 0.25) is 0 Å². The van der Waals surface area contributed by atoms with Gasteiger partial charge in [0.15, 0.2) is 6.10 Å². The van der Waals surface area contributed by atoms with Gasteiger partial charge in [0.1, 0.15) is 5.82 Å². The van der Waals surface area contributed by atoms with Crippen molar-refractivity contribution in [1.29, 1.82) is 0 Å². The van der Waals surface area contributed by atoms with Crippen LogP contribution in [0.3, 0.4) is 0 Å². The summed E-state index contributed by atoms with van der Waals surface area (Å²) in [6.45, 7) is 3.21. The molecule has 0 fully saturated rings. The van der Waals surface area contributed by atoms with Crippen molar-refractivity contribution in [2.75, 3.05) is 0 Å². The molecule has 0 aliphatic heterocycles. The van der Waals surface area contributed by atoms with Crippen LogP contribution >= 0.6 is 31.9 Å². The molecule has 0 amide bonds. The first kappa shape index (κ1) is 24.5. The molecule has 10 nitrogen and oxygen atoms in total. The zero-order chi connectivity index (χ0) is 24.3. The van der Waals surface area contributed by atoms with E-state index in [9.17, 15) is 19.7 Å². The van der Waals surface area contributed by atoms with Gasteiger partial charge in [-0.25, -0.2) is 9.78 Å². The molecule has 0 aliphatic carbocycles. The second-order valence-electron chi connectivity index (χ2n) is 7.01. The number of benzene rings is 2. The molecule has 0 unspecified atom stereocenters. The molecule has 3 aromatic rings. The van der Waals surface area contributed by atoms with Crippen LogP contribution in [0.4, 0.5) is 5.69 Å². The maximum absolute atomic E-state index is 13.1. The minimum absolute atomic E-state index is 0.174. The van der Waals surface area contributed by atoms with Gasteiger partial charge in [-0.2, -0.15) is 9.78 Å². The number of carbonyl (C=O) groups is 1. The van der Waals surface area contributed by atoms with Crippen molar-refractivity contribution in [1.82, 2.24) is 9.66 Å². The quantitative estimate of drug-likeness (QED) is 0.234. The zero-order valence-corrected chi connectivity index (χ0v) is 20.7. The Labute approximate surface area is 204 Å². The number of carboxylic acid groups (broad SMARTS) is 1. The third kappa shape index (κ3) is 5.45. The molecule has 172 valence electrons. The normalized spacial score (nSPS) is 12.2. The number of nitro benzene ring substituents is 1. The number of aromatic nitrogens is 2. The molecule has 33 heavy (non-hydrogen) atoms. The molecular weight excluding hydrogens is 564 g/mol. The predicted octanol–water partition coefficient (Wildman–Crippen LogP) is 4.52. The first-order valence-electron chi connectivity index (χ1n) is 9.75. The first-order valence-corrected chi connectivity index (χ1v) is 11.3. The van der Waals surface area contributed by atoms with Crippen molar-refractivity contribution in [3.05, 3.63) is 71.1 Å². The van der Waals surface area contributed by atoms with E-state index in [1.165, 1.54) is 29.9 Å². The maximum atomic E-state index is 13.1. The van der Waals surface area contributed by atoms with Crippen molar-refractivity contribution < 1.29 is 19.6 Å². The summed E-state index contributed by atoms with van der Waals surface area (Å²) in [4.78, 5) is 39.6. The lowest BCUT2D eigenvalue weighted by atomic mass is 10.2. The lowest BCUT2D eigenvalue weighted by Gasteiger charge is -2.13. The maximum Gasteiger partial charge on any atom is 0.344 e. The Morgan fingerprint density at radius 1 is 1.36 bits per heavy atom. The summed E-state index contributed by atoms with van der Waals surface area (Å²) < 4.78 is 7.31. The highest BCUT2D eigenvalue weighted by Crippen LogP contribution is 2.36. The first-order chi connectivity index (χ1) is 15.6. The fourth-order valence-electron chi connectivity index (χ4n) is 2.98. The molecule has 0 saturated heterocycles. The second kappa shape index (κ2) is 10.2. The lowest BCUT2D eigenvalue weighted by molar-refractivity contribution is -0.386. The lowest BCUT2D eigenvalue weighted by Crippen LogP contribution is -2.23. The minimum Gasteiger partial charge on any atom is -0.479 e. The number of rotatable bonds is 8.